The van der Waals surface area contributed by atoms with Crippen molar-refractivity contribution < 1.29 is 9.59 Å². The minimum absolute atomic E-state index is 0.00273. The van der Waals surface area contributed by atoms with Gasteiger partial charge in [-0.1, -0.05) is 13.8 Å². The predicted molar refractivity (Wildman–Crippen MR) is 80.2 cm³/mol. The first-order chi connectivity index (χ1) is 8.97. The van der Waals surface area contributed by atoms with Crippen LogP contribution in [-0.4, -0.2) is 25.9 Å². The maximum atomic E-state index is 10.6. The van der Waals surface area contributed by atoms with Crippen LogP contribution in [0.25, 0.3) is 0 Å². The van der Waals surface area contributed by atoms with Crippen molar-refractivity contribution in [3.8, 4) is 25.2 Å². The molecule has 2 N–H and O–H groups in total. The molecule has 0 aromatic carbocycles. The number of rotatable bonds is 5. The van der Waals surface area contributed by atoms with E-state index in [4.69, 9.17) is 6.42 Å². The van der Waals surface area contributed by atoms with E-state index in [1.54, 1.807) is 14.1 Å². The number of hydrogen-bond donors (Lipinski definition) is 2. The summed E-state index contributed by atoms with van der Waals surface area (Å²) < 4.78 is 0. The van der Waals surface area contributed by atoms with Gasteiger partial charge in [0.1, 0.15) is 0 Å². The molecule has 19 heavy (non-hydrogen) atoms. The summed E-state index contributed by atoms with van der Waals surface area (Å²) in [5.41, 5.74) is 0. The first kappa shape index (κ1) is 22.3. The molecule has 2 amide bonds. The van der Waals surface area contributed by atoms with Crippen LogP contribution in [0.5, 0.6) is 0 Å². The summed E-state index contributed by atoms with van der Waals surface area (Å²) in [4.78, 5) is 21.0. The second-order valence-electron chi connectivity index (χ2n) is 3.98. The summed E-state index contributed by atoms with van der Waals surface area (Å²) in [6.45, 7) is 4.23. The zero-order valence-electron chi connectivity index (χ0n) is 12.5. The second-order valence-corrected chi connectivity index (χ2v) is 3.98. The number of terminal acetylenes is 2. The van der Waals surface area contributed by atoms with Crippen LogP contribution in [-0.2, 0) is 9.59 Å². The van der Waals surface area contributed by atoms with E-state index in [0.29, 0.717) is 25.2 Å². The first-order valence-corrected chi connectivity index (χ1v) is 6.15. The average Bonchev–Trinajstić information content (AvgIpc) is 2.44. The topological polar surface area (TPSA) is 58.2 Å². The van der Waals surface area contributed by atoms with Gasteiger partial charge in [-0.05, 0) is 12.3 Å². The highest BCUT2D eigenvalue weighted by molar-refractivity contribution is 5.75. The van der Waals surface area contributed by atoms with Crippen molar-refractivity contribution in [2.45, 2.75) is 39.5 Å². The number of hydrogen-bond acceptors (Lipinski definition) is 2. The van der Waals surface area contributed by atoms with Crippen molar-refractivity contribution in [2.24, 2.45) is 5.92 Å². The highest BCUT2D eigenvalue weighted by Gasteiger charge is 1.98. The highest BCUT2D eigenvalue weighted by Crippen LogP contribution is 2.01. The number of carbonyl (C=O) groups is 2. The Labute approximate surface area is 117 Å². The molecular weight excluding hydrogens is 240 g/mol. The van der Waals surface area contributed by atoms with E-state index in [1.165, 1.54) is 0 Å². The average molecular weight is 266 g/mol. The fourth-order valence-corrected chi connectivity index (χ4v) is 0.855. The van der Waals surface area contributed by atoms with Crippen LogP contribution in [0.4, 0.5) is 0 Å². The van der Waals surface area contributed by atoms with E-state index < -0.39 is 0 Å². The van der Waals surface area contributed by atoms with Crippen LogP contribution in [0.3, 0.4) is 0 Å². The summed E-state index contributed by atoms with van der Waals surface area (Å²) in [5, 5.41) is 5.05. The normalized spacial score (nSPS) is 7.89. The van der Waals surface area contributed by atoms with Gasteiger partial charge < -0.3 is 10.6 Å². The minimum atomic E-state index is 0.00273. The van der Waals surface area contributed by atoms with Crippen molar-refractivity contribution in [3.05, 3.63) is 0 Å². The van der Waals surface area contributed by atoms with Gasteiger partial charge in [0.25, 0.3) is 0 Å². The van der Waals surface area contributed by atoms with E-state index in [9.17, 15) is 9.59 Å². The number of carbonyl (C=O) groups excluding carboxylic acids is 2. The van der Waals surface area contributed by atoms with Crippen molar-refractivity contribution in [1.29, 1.82) is 0 Å². The largest absolute Gasteiger partial charge is 0.359 e. The molecule has 0 fully saturated rings. The fourth-order valence-electron chi connectivity index (χ4n) is 0.855. The molecule has 0 rings (SSSR count). The Morgan fingerprint density at radius 1 is 1.05 bits per heavy atom. The number of amides is 2. The lowest BCUT2D eigenvalue weighted by Gasteiger charge is -2.01. The van der Waals surface area contributed by atoms with Crippen LogP contribution in [0.1, 0.15) is 39.5 Å². The van der Waals surface area contributed by atoms with Gasteiger partial charge in [0, 0.05) is 33.4 Å². The highest BCUT2D eigenvalue weighted by atomic mass is 16.2. The Bertz CT molecular complexity index is 288. The smallest absolute Gasteiger partial charge is 0.220 e. The Morgan fingerprint density at radius 2 is 1.47 bits per heavy atom. The van der Waals surface area contributed by atoms with E-state index >= 15 is 0 Å². The fraction of sp³-hybridized carbons (Fsp3) is 0.600. The first-order valence-electron chi connectivity index (χ1n) is 6.15. The lowest BCUT2D eigenvalue weighted by atomic mass is 10.1. The third-order valence-electron chi connectivity index (χ3n) is 2.00. The van der Waals surface area contributed by atoms with Crippen molar-refractivity contribution >= 4 is 11.8 Å². The van der Waals surface area contributed by atoms with Crippen LogP contribution in [0, 0.1) is 31.1 Å². The summed E-state index contributed by atoms with van der Waals surface area (Å²) in [6.07, 6.45) is 15.5. The molecule has 0 unspecified atom stereocenters. The molecule has 0 spiro atoms. The van der Waals surface area contributed by atoms with Crippen LogP contribution in [0.15, 0.2) is 0 Å². The van der Waals surface area contributed by atoms with Gasteiger partial charge in [0.05, 0.1) is 0 Å². The standard InChI is InChI=1S/C7H15NO.C6H9NO.C2H2/c1-6(2)4-5-7(9)8-3;1-3-4-5-6(8)7-2;1-2/h6H,4-5H2,1-3H3,(H,8,9);1H,4-5H2,2H3,(H,7,8);1-2H. The van der Waals surface area contributed by atoms with Gasteiger partial charge in [0.2, 0.25) is 11.8 Å². The molecule has 108 valence electrons. The van der Waals surface area contributed by atoms with E-state index in [0.717, 1.165) is 6.42 Å². The van der Waals surface area contributed by atoms with Crippen LogP contribution >= 0.6 is 0 Å². The van der Waals surface area contributed by atoms with Gasteiger partial charge in [0.15, 0.2) is 0 Å². The summed E-state index contributed by atoms with van der Waals surface area (Å²) >= 11 is 0. The Morgan fingerprint density at radius 3 is 1.79 bits per heavy atom. The zero-order valence-corrected chi connectivity index (χ0v) is 12.5. The van der Waals surface area contributed by atoms with Gasteiger partial charge >= 0.3 is 0 Å². The molecule has 0 saturated carbocycles. The molecule has 0 heterocycles. The SMILES string of the molecule is C#C.C#CCCC(=O)NC.CNC(=O)CCC(C)C. The lowest BCUT2D eigenvalue weighted by molar-refractivity contribution is -0.121. The quantitative estimate of drug-likeness (QED) is 0.742. The van der Waals surface area contributed by atoms with E-state index in [1.807, 2.05) is 0 Å². The molecule has 0 aliphatic carbocycles. The molecule has 0 atom stereocenters. The zero-order chi connectivity index (χ0) is 15.7. The van der Waals surface area contributed by atoms with E-state index in [2.05, 4.69) is 43.2 Å². The summed E-state index contributed by atoms with van der Waals surface area (Å²) in [6, 6.07) is 0. The summed E-state index contributed by atoms with van der Waals surface area (Å²) in [7, 11) is 3.27. The minimum Gasteiger partial charge on any atom is -0.359 e. The Kier molecular flexibility index (Phi) is 21.6. The third kappa shape index (κ3) is 26.0. The van der Waals surface area contributed by atoms with Crippen molar-refractivity contribution in [3.63, 3.8) is 0 Å². The molecule has 0 radical (unpaired) electrons. The molecule has 0 aromatic heterocycles. The van der Waals surface area contributed by atoms with E-state index in [-0.39, 0.29) is 11.8 Å². The monoisotopic (exact) mass is 266 g/mol. The van der Waals surface area contributed by atoms with Gasteiger partial charge in [-0.25, -0.2) is 0 Å². The molecule has 0 aromatic rings. The van der Waals surface area contributed by atoms with Gasteiger partial charge in [-0.15, -0.1) is 25.2 Å². The van der Waals surface area contributed by atoms with Crippen LogP contribution in [0.2, 0.25) is 0 Å². The maximum Gasteiger partial charge on any atom is 0.220 e. The van der Waals surface area contributed by atoms with Gasteiger partial charge in [-0.2, -0.15) is 0 Å². The Balaban J connectivity index is -0.000000239. The molecule has 0 aliphatic heterocycles. The van der Waals surface area contributed by atoms with Crippen molar-refractivity contribution in [1.82, 2.24) is 10.6 Å². The molecule has 4 nitrogen and oxygen atoms in total. The molecule has 0 aliphatic rings. The molecule has 0 bridgehead atoms. The second kappa shape index (κ2) is 18.4. The summed E-state index contributed by atoms with van der Waals surface area (Å²) in [5.74, 6) is 3.14. The number of nitrogens with one attached hydrogen (secondary N) is 2. The van der Waals surface area contributed by atoms with Crippen molar-refractivity contribution in [2.75, 3.05) is 14.1 Å². The third-order valence-corrected chi connectivity index (χ3v) is 2.00. The molecule has 0 saturated heterocycles. The van der Waals surface area contributed by atoms with Crippen LogP contribution < -0.4 is 10.6 Å². The van der Waals surface area contributed by atoms with Gasteiger partial charge in [-0.3, -0.25) is 9.59 Å². The molecular formula is C15H26N2O2. The lowest BCUT2D eigenvalue weighted by Crippen LogP contribution is -2.17. The maximum absolute atomic E-state index is 10.6. The molecule has 4 heteroatoms. The Hall–Kier alpha value is -1.94. The predicted octanol–water partition coefficient (Wildman–Crippen LogP) is 1.56.